The van der Waals surface area contributed by atoms with Crippen molar-refractivity contribution in [3.8, 4) is 0 Å². The summed E-state index contributed by atoms with van der Waals surface area (Å²) in [7, 11) is -3.74. The number of nitrogens with two attached hydrogens (primary N) is 1. The molecule has 0 amide bonds. The molecule has 1 aromatic rings. The zero-order chi connectivity index (χ0) is 12.2. The van der Waals surface area contributed by atoms with Crippen molar-refractivity contribution >= 4 is 43.4 Å². The van der Waals surface area contributed by atoms with Crippen molar-refractivity contribution in [2.75, 3.05) is 16.7 Å². The third-order valence-corrected chi connectivity index (χ3v) is 3.72. The van der Waals surface area contributed by atoms with Gasteiger partial charge in [0, 0.05) is 16.9 Å². The first kappa shape index (κ1) is 13.8. The van der Waals surface area contributed by atoms with Crippen LogP contribution < -0.4 is 9.44 Å². The standard InChI is InChI=1S/C9H12BrClN2O2S/c10-8-2-4-9(5-3-8)13(7-1-6-11)16(12,14)15/h2-5H,1,6-7H2,(H2,12,14,15). The summed E-state index contributed by atoms with van der Waals surface area (Å²) in [6.45, 7) is 0.282. The van der Waals surface area contributed by atoms with Crippen LogP contribution >= 0.6 is 27.5 Å². The lowest BCUT2D eigenvalue weighted by molar-refractivity contribution is 0.592. The molecule has 4 nitrogen and oxygen atoms in total. The van der Waals surface area contributed by atoms with E-state index in [1.165, 1.54) is 0 Å². The molecule has 2 N–H and O–H groups in total. The highest BCUT2D eigenvalue weighted by molar-refractivity contribution is 9.10. The Hall–Kier alpha value is -0.300. The number of alkyl halides is 1. The summed E-state index contributed by atoms with van der Waals surface area (Å²) >= 11 is 8.82. The van der Waals surface area contributed by atoms with Crippen LogP contribution in [0.1, 0.15) is 6.42 Å². The lowest BCUT2D eigenvalue weighted by Gasteiger charge is -2.21. The molecule has 0 heterocycles. The Labute approximate surface area is 109 Å². The van der Waals surface area contributed by atoms with E-state index in [-0.39, 0.29) is 6.54 Å². The molecule has 1 aromatic carbocycles. The average Bonchev–Trinajstić information content (AvgIpc) is 2.19. The van der Waals surface area contributed by atoms with Crippen molar-refractivity contribution in [1.29, 1.82) is 0 Å². The van der Waals surface area contributed by atoms with E-state index in [1.807, 2.05) is 0 Å². The van der Waals surface area contributed by atoms with Crippen molar-refractivity contribution in [1.82, 2.24) is 0 Å². The fourth-order valence-corrected chi connectivity index (χ4v) is 2.40. The Morgan fingerprint density at radius 2 is 1.88 bits per heavy atom. The molecule has 0 aliphatic carbocycles. The van der Waals surface area contributed by atoms with Crippen molar-refractivity contribution in [3.05, 3.63) is 28.7 Å². The smallest absolute Gasteiger partial charge is 0.258 e. The summed E-state index contributed by atoms with van der Waals surface area (Å²) in [5.41, 5.74) is 0.538. The number of benzene rings is 1. The molecule has 7 heteroatoms. The number of halogens is 2. The van der Waals surface area contributed by atoms with E-state index in [9.17, 15) is 8.42 Å². The van der Waals surface area contributed by atoms with Crippen molar-refractivity contribution in [3.63, 3.8) is 0 Å². The Kier molecular flexibility index (Phi) is 5.04. The molecular weight excluding hydrogens is 316 g/mol. The molecule has 0 aromatic heterocycles. The zero-order valence-electron chi connectivity index (χ0n) is 8.44. The van der Waals surface area contributed by atoms with E-state index in [4.69, 9.17) is 16.7 Å². The maximum atomic E-state index is 11.4. The average molecular weight is 328 g/mol. The van der Waals surface area contributed by atoms with Crippen LogP contribution in [0.2, 0.25) is 0 Å². The van der Waals surface area contributed by atoms with Gasteiger partial charge in [0.2, 0.25) is 0 Å². The summed E-state index contributed by atoms with van der Waals surface area (Å²) in [4.78, 5) is 0. The highest BCUT2D eigenvalue weighted by Crippen LogP contribution is 2.20. The Morgan fingerprint density at radius 1 is 1.31 bits per heavy atom. The van der Waals surface area contributed by atoms with Crippen LogP contribution in [0.15, 0.2) is 28.7 Å². The van der Waals surface area contributed by atoms with E-state index in [0.717, 1.165) is 8.78 Å². The van der Waals surface area contributed by atoms with E-state index in [1.54, 1.807) is 24.3 Å². The number of nitrogens with zero attached hydrogens (tertiary/aromatic N) is 1. The normalized spacial score (nSPS) is 11.4. The monoisotopic (exact) mass is 326 g/mol. The van der Waals surface area contributed by atoms with Crippen LogP contribution in [0.25, 0.3) is 0 Å². The van der Waals surface area contributed by atoms with Crippen molar-refractivity contribution in [2.24, 2.45) is 5.14 Å². The van der Waals surface area contributed by atoms with Gasteiger partial charge in [-0.2, -0.15) is 8.42 Å². The first-order valence-electron chi connectivity index (χ1n) is 4.57. The molecule has 0 aliphatic heterocycles. The lowest BCUT2D eigenvalue weighted by Crippen LogP contribution is -2.37. The van der Waals surface area contributed by atoms with Gasteiger partial charge in [-0.1, -0.05) is 15.9 Å². The van der Waals surface area contributed by atoms with Gasteiger partial charge in [0.1, 0.15) is 0 Å². The van der Waals surface area contributed by atoms with Crippen LogP contribution in [0, 0.1) is 0 Å². The minimum absolute atomic E-state index is 0.282. The van der Waals surface area contributed by atoms with E-state index in [0.29, 0.717) is 18.0 Å². The molecule has 0 bridgehead atoms. The largest absolute Gasteiger partial charge is 0.298 e. The highest BCUT2D eigenvalue weighted by atomic mass is 79.9. The maximum absolute atomic E-state index is 11.4. The van der Waals surface area contributed by atoms with Crippen LogP contribution in [0.4, 0.5) is 5.69 Å². The minimum atomic E-state index is -3.74. The highest BCUT2D eigenvalue weighted by Gasteiger charge is 2.16. The molecule has 0 radical (unpaired) electrons. The number of hydrogen-bond acceptors (Lipinski definition) is 2. The SMILES string of the molecule is NS(=O)(=O)N(CCCCl)c1ccc(Br)cc1. The fraction of sp³-hybridized carbons (Fsp3) is 0.333. The van der Waals surface area contributed by atoms with Gasteiger partial charge in [-0.15, -0.1) is 11.6 Å². The number of hydrogen-bond donors (Lipinski definition) is 1. The second-order valence-electron chi connectivity index (χ2n) is 3.14. The van der Waals surface area contributed by atoms with Gasteiger partial charge in [-0.05, 0) is 30.7 Å². The minimum Gasteiger partial charge on any atom is -0.258 e. The van der Waals surface area contributed by atoms with Gasteiger partial charge in [0.25, 0.3) is 10.2 Å². The molecule has 16 heavy (non-hydrogen) atoms. The Morgan fingerprint density at radius 3 is 2.31 bits per heavy atom. The molecule has 90 valence electrons. The summed E-state index contributed by atoms with van der Waals surface area (Å²) in [6.07, 6.45) is 0.550. The van der Waals surface area contributed by atoms with Gasteiger partial charge in [0.05, 0.1) is 5.69 Å². The van der Waals surface area contributed by atoms with Gasteiger partial charge in [-0.3, -0.25) is 4.31 Å². The van der Waals surface area contributed by atoms with Crippen LogP contribution in [-0.4, -0.2) is 20.8 Å². The Bertz CT molecular complexity index is 435. The quantitative estimate of drug-likeness (QED) is 0.842. The van der Waals surface area contributed by atoms with E-state index < -0.39 is 10.2 Å². The van der Waals surface area contributed by atoms with Crippen LogP contribution in [-0.2, 0) is 10.2 Å². The van der Waals surface area contributed by atoms with E-state index in [2.05, 4.69) is 15.9 Å². The Balaban J connectivity index is 2.97. The molecule has 0 saturated heterocycles. The second kappa shape index (κ2) is 5.86. The molecular formula is C9H12BrClN2O2S. The molecule has 0 saturated carbocycles. The predicted octanol–water partition coefficient (Wildman–Crippen LogP) is 2.09. The van der Waals surface area contributed by atoms with Gasteiger partial charge in [-0.25, -0.2) is 5.14 Å². The predicted molar refractivity (Wildman–Crippen MR) is 69.9 cm³/mol. The first-order chi connectivity index (χ1) is 7.45. The number of anilines is 1. The maximum Gasteiger partial charge on any atom is 0.298 e. The zero-order valence-corrected chi connectivity index (χ0v) is 11.6. The van der Waals surface area contributed by atoms with Gasteiger partial charge >= 0.3 is 0 Å². The van der Waals surface area contributed by atoms with E-state index >= 15 is 0 Å². The third kappa shape index (κ3) is 3.93. The molecule has 0 atom stereocenters. The second-order valence-corrected chi connectivity index (χ2v) is 5.90. The summed E-state index contributed by atoms with van der Waals surface area (Å²) in [5, 5.41) is 5.13. The van der Waals surface area contributed by atoms with Gasteiger partial charge in [0.15, 0.2) is 0 Å². The van der Waals surface area contributed by atoms with Crippen molar-refractivity contribution < 1.29 is 8.42 Å². The van der Waals surface area contributed by atoms with Crippen LogP contribution in [0.5, 0.6) is 0 Å². The molecule has 0 fully saturated rings. The summed E-state index contributed by atoms with van der Waals surface area (Å²) < 4.78 is 24.8. The fourth-order valence-electron chi connectivity index (χ4n) is 1.21. The molecule has 0 spiro atoms. The topological polar surface area (TPSA) is 63.4 Å². The third-order valence-electron chi connectivity index (χ3n) is 1.92. The van der Waals surface area contributed by atoms with Crippen LogP contribution in [0.3, 0.4) is 0 Å². The molecule has 0 unspecified atom stereocenters. The van der Waals surface area contributed by atoms with Gasteiger partial charge < -0.3 is 0 Å². The molecule has 1 rings (SSSR count). The lowest BCUT2D eigenvalue weighted by atomic mass is 10.3. The summed E-state index contributed by atoms with van der Waals surface area (Å²) in [5.74, 6) is 0.391. The summed E-state index contributed by atoms with van der Waals surface area (Å²) in [6, 6.07) is 6.88. The van der Waals surface area contributed by atoms with Crippen molar-refractivity contribution in [2.45, 2.75) is 6.42 Å². The molecule has 0 aliphatic rings. The first-order valence-corrected chi connectivity index (χ1v) is 7.40. The number of rotatable bonds is 5.